The fraction of sp³-hybridized carbons (Fsp3) is 0.273. The van der Waals surface area contributed by atoms with E-state index in [1.165, 1.54) is 19.1 Å². The second kappa shape index (κ2) is 11.9. The lowest BCUT2D eigenvalue weighted by Gasteiger charge is -2.20. The van der Waals surface area contributed by atoms with Crippen LogP contribution in [-0.4, -0.2) is 36.6 Å². The number of aromatic hydroxyl groups is 1. The molecule has 2 unspecified atom stereocenters. The summed E-state index contributed by atoms with van der Waals surface area (Å²) in [4.78, 5) is -1.46. The fourth-order valence-electron chi connectivity index (χ4n) is 5.29. The summed E-state index contributed by atoms with van der Waals surface area (Å²) in [6, 6.07) is 3.58. The van der Waals surface area contributed by atoms with E-state index in [4.69, 9.17) is 0 Å². The average molecular weight is 637 g/mol. The van der Waals surface area contributed by atoms with Crippen LogP contribution in [0.2, 0.25) is 0 Å². The summed E-state index contributed by atoms with van der Waals surface area (Å²) in [5.74, 6) is -0.726. The minimum atomic E-state index is -5.04. The highest BCUT2D eigenvalue weighted by Crippen LogP contribution is 2.44. The molecule has 11 heteroatoms. The van der Waals surface area contributed by atoms with Gasteiger partial charge in [-0.15, -0.1) is 5.11 Å². The van der Waals surface area contributed by atoms with E-state index >= 15 is 0 Å². The molecule has 2 atom stereocenters. The highest BCUT2D eigenvalue weighted by molar-refractivity contribution is 7.86. The molecule has 0 fully saturated rings. The number of azo groups is 1. The number of rotatable bonds is 9. The molecule has 2 aromatic rings. The van der Waals surface area contributed by atoms with Crippen LogP contribution < -0.4 is 0 Å². The van der Waals surface area contributed by atoms with Gasteiger partial charge >= 0.3 is 0 Å². The van der Waals surface area contributed by atoms with Gasteiger partial charge in [-0.1, -0.05) is 84.0 Å². The van der Waals surface area contributed by atoms with Gasteiger partial charge in [0, 0.05) is 16.2 Å². The Morgan fingerprint density at radius 1 is 0.955 bits per heavy atom. The van der Waals surface area contributed by atoms with E-state index in [1.807, 2.05) is 57.2 Å². The van der Waals surface area contributed by atoms with E-state index < -0.39 is 47.0 Å². The molecule has 0 spiro atoms. The molecule has 0 heterocycles. The molecule has 2 aliphatic rings. The maximum absolute atomic E-state index is 12.5. The number of benzene rings is 2. The Hall–Kier alpha value is -3.90. The maximum atomic E-state index is 12.5. The highest BCUT2D eigenvalue weighted by atomic mass is 32.2. The summed E-state index contributed by atoms with van der Waals surface area (Å²) >= 11 is 0. The minimum absolute atomic E-state index is 0.102. The lowest BCUT2D eigenvalue weighted by molar-refractivity contribution is 0.470. The molecule has 0 saturated carbocycles. The van der Waals surface area contributed by atoms with Gasteiger partial charge in [0.15, 0.2) is 5.75 Å². The molecule has 0 amide bonds. The van der Waals surface area contributed by atoms with Gasteiger partial charge in [0.2, 0.25) is 0 Å². The summed E-state index contributed by atoms with van der Waals surface area (Å²) in [6.45, 7) is 11.3. The van der Waals surface area contributed by atoms with Crippen molar-refractivity contribution in [2.24, 2.45) is 15.6 Å². The van der Waals surface area contributed by atoms with Crippen molar-refractivity contribution in [2.45, 2.75) is 63.3 Å². The Labute approximate surface area is 258 Å². The smallest absolute Gasteiger partial charge is 0.296 e. The molecule has 4 rings (SSSR count). The predicted octanol–water partition coefficient (Wildman–Crippen LogP) is 8.05. The van der Waals surface area contributed by atoms with Crippen molar-refractivity contribution in [3.05, 3.63) is 107 Å². The molecule has 9 nitrogen and oxygen atoms in total. The number of allylic oxidation sites excluding steroid dienone is 12. The molecule has 3 N–H and O–H groups in total. The van der Waals surface area contributed by atoms with Gasteiger partial charge in [0.25, 0.3) is 20.2 Å². The maximum Gasteiger partial charge on any atom is 0.296 e. The van der Waals surface area contributed by atoms with Crippen LogP contribution in [0, 0.1) is 12.3 Å². The van der Waals surface area contributed by atoms with Crippen molar-refractivity contribution in [1.82, 2.24) is 0 Å². The first-order chi connectivity index (χ1) is 20.4. The molecule has 0 bridgehead atoms. The SMILES string of the molecule is CC=CC1(C)C=CC(C=CC(C)(C=CC2=C(C)CC=C2)N=Nc2c(S(=O)(=O)O)cc3c(S(=O)(=O)O)c(C)ccc3c2O)=C1C. The van der Waals surface area contributed by atoms with E-state index in [2.05, 4.69) is 29.3 Å². The Kier molecular flexibility index (Phi) is 8.92. The molecule has 0 aliphatic heterocycles. The highest BCUT2D eigenvalue weighted by Gasteiger charge is 2.29. The first kappa shape index (κ1) is 33.0. The first-order valence-corrected chi connectivity index (χ1v) is 16.7. The quantitative estimate of drug-likeness (QED) is 0.143. The first-order valence-electron chi connectivity index (χ1n) is 13.9. The molecule has 2 aromatic carbocycles. The van der Waals surface area contributed by atoms with Crippen LogP contribution in [0.1, 0.15) is 46.6 Å². The molecular weight excluding hydrogens is 601 g/mol. The van der Waals surface area contributed by atoms with Crippen molar-refractivity contribution < 1.29 is 31.0 Å². The summed E-state index contributed by atoms with van der Waals surface area (Å²) in [7, 11) is -9.86. The summed E-state index contributed by atoms with van der Waals surface area (Å²) in [5, 5.41) is 19.4. The standard InChI is InChI=1S/C33H36N2O7S2/c1-7-16-32(5)17-13-25(23(32)4)15-19-33(6,18-14-24-10-8-9-21(24)2)35-34-29-28(43(37,38)39)20-27-26(30(29)36)12-11-22(3)31(27)44(40,41)42/h7-8,10-20,36H,9H2,1-6H3,(H,37,38,39)(H,40,41,42). The van der Waals surface area contributed by atoms with Crippen LogP contribution in [0.5, 0.6) is 5.75 Å². The zero-order valence-electron chi connectivity index (χ0n) is 25.4. The van der Waals surface area contributed by atoms with E-state index in [0.29, 0.717) is 0 Å². The molecule has 232 valence electrons. The van der Waals surface area contributed by atoms with Gasteiger partial charge in [0.1, 0.15) is 21.0 Å². The third-order valence-corrected chi connectivity index (χ3v) is 9.99. The van der Waals surface area contributed by atoms with Crippen LogP contribution in [0.3, 0.4) is 0 Å². The molecule has 0 saturated heterocycles. The lowest BCUT2D eigenvalue weighted by Crippen LogP contribution is -2.14. The summed E-state index contributed by atoms with van der Waals surface area (Å²) in [6.07, 6.45) is 20.5. The van der Waals surface area contributed by atoms with Crippen molar-refractivity contribution in [3.63, 3.8) is 0 Å². The number of aryl methyl sites for hydroxylation is 1. The normalized spacial score (nSPS) is 21.1. The van der Waals surface area contributed by atoms with E-state index in [9.17, 15) is 31.0 Å². The zero-order chi connectivity index (χ0) is 32.7. The van der Waals surface area contributed by atoms with Crippen LogP contribution in [0.25, 0.3) is 10.8 Å². The van der Waals surface area contributed by atoms with E-state index in [0.717, 1.165) is 34.8 Å². The molecule has 2 aliphatic carbocycles. The average Bonchev–Trinajstić information content (AvgIpc) is 3.46. The third kappa shape index (κ3) is 6.61. The molecular formula is C33H36N2O7S2. The number of fused-ring (bicyclic) bond motifs is 1. The zero-order valence-corrected chi connectivity index (χ0v) is 27.0. The van der Waals surface area contributed by atoms with Crippen LogP contribution >= 0.6 is 0 Å². The lowest BCUT2D eigenvalue weighted by atomic mass is 9.84. The third-order valence-electron chi connectivity index (χ3n) is 8.06. The monoisotopic (exact) mass is 636 g/mol. The Morgan fingerprint density at radius 2 is 1.61 bits per heavy atom. The fourth-order valence-corrected chi connectivity index (χ4v) is 6.86. The van der Waals surface area contributed by atoms with E-state index in [1.54, 1.807) is 19.1 Å². The number of nitrogens with zero attached hydrogens (tertiary/aromatic N) is 2. The van der Waals surface area contributed by atoms with Crippen LogP contribution in [0.4, 0.5) is 5.69 Å². The van der Waals surface area contributed by atoms with Gasteiger partial charge < -0.3 is 5.11 Å². The van der Waals surface area contributed by atoms with Crippen molar-refractivity contribution in [2.75, 3.05) is 0 Å². The Morgan fingerprint density at radius 3 is 2.18 bits per heavy atom. The predicted molar refractivity (Wildman–Crippen MR) is 172 cm³/mol. The van der Waals surface area contributed by atoms with Gasteiger partial charge in [-0.2, -0.15) is 21.9 Å². The van der Waals surface area contributed by atoms with Crippen molar-refractivity contribution in [3.8, 4) is 5.75 Å². The van der Waals surface area contributed by atoms with Crippen LogP contribution in [0.15, 0.2) is 121 Å². The van der Waals surface area contributed by atoms with Gasteiger partial charge in [-0.05, 0) is 70.7 Å². The summed E-state index contributed by atoms with van der Waals surface area (Å²) < 4.78 is 69.2. The van der Waals surface area contributed by atoms with Gasteiger partial charge in [0.05, 0.1) is 0 Å². The number of phenols is 1. The van der Waals surface area contributed by atoms with Crippen molar-refractivity contribution in [1.29, 1.82) is 0 Å². The number of hydrogen-bond acceptors (Lipinski definition) is 7. The molecule has 0 aromatic heterocycles. The van der Waals surface area contributed by atoms with Gasteiger partial charge in [-0.25, -0.2) is 0 Å². The minimum Gasteiger partial charge on any atom is -0.505 e. The van der Waals surface area contributed by atoms with Gasteiger partial charge in [-0.3, -0.25) is 9.11 Å². The largest absolute Gasteiger partial charge is 0.505 e. The number of phenolic OH excluding ortho intramolecular Hbond substituents is 1. The Balaban J connectivity index is 1.92. The Bertz CT molecular complexity index is 2010. The van der Waals surface area contributed by atoms with E-state index in [-0.39, 0.29) is 21.8 Å². The second-order valence-corrected chi connectivity index (χ2v) is 14.2. The topological polar surface area (TPSA) is 154 Å². The van der Waals surface area contributed by atoms with Crippen molar-refractivity contribution >= 4 is 36.7 Å². The van der Waals surface area contributed by atoms with Crippen LogP contribution in [-0.2, 0) is 20.2 Å². The number of hydrogen-bond donors (Lipinski definition) is 3. The molecule has 44 heavy (non-hydrogen) atoms. The molecule has 0 radical (unpaired) electrons. The second-order valence-electron chi connectivity index (χ2n) is 11.5. The summed E-state index contributed by atoms with van der Waals surface area (Å²) in [5.41, 5.74) is 2.39.